The van der Waals surface area contributed by atoms with Crippen LogP contribution in [-0.4, -0.2) is 88.7 Å². The lowest BCUT2D eigenvalue weighted by Gasteiger charge is -2.28. The van der Waals surface area contributed by atoms with Gasteiger partial charge in [0.05, 0.1) is 31.1 Å². The second-order valence-corrected chi connectivity index (χ2v) is 9.26. The van der Waals surface area contributed by atoms with E-state index < -0.39 is 0 Å². The summed E-state index contributed by atoms with van der Waals surface area (Å²) < 4.78 is 5.39. The molecule has 0 saturated carbocycles. The van der Waals surface area contributed by atoms with Crippen LogP contribution in [0.25, 0.3) is 11.3 Å². The highest BCUT2D eigenvalue weighted by Gasteiger charge is 2.24. The van der Waals surface area contributed by atoms with E-state index in [0.717, 1.165) is 63.9 Å². The Morgan fingerprint density at radius 1 is 1.08 bits per heavy atom. The van der Waals surface area contributed by atoms with Crippen LogP contribution >= 0.6 is 0 Å². The van der Waals surface area contributed by atoms with Gasteiger partial charge in [0.2, 0.25) is 5.82 Å². The van der Waals surface area contributed by atoms with Crippen LogP contribution in [0.3, 0.4) is 0 Å². The normalized spacial score (nSPS) is 18.7. The molecule has 0 aliphatic carbocycles. The molecule has 1 aromatic carbocycles. The van der Waals surface area contributed by atoms with Crippen molar-refractivity contribution in [3.8, 4) is 28.8 Å². The Labute approximate surface area is 217 Å². The van der Waals surface area contributed by atoms with Crippen molar-refractivity contribution >= 4 is 17.3 Å². The minimum Gasteiger partial charge on any atom is -0.507 e. The number of phenols is 1. The van der Waals surface area contributed by atoms with Crippen LogP contribution in [0.1, 0.15) is 19.2 Å². The Morgan fingerprint density at radius 3 is 2.76 bits per heavy atom. The molecule has 5 rings (SSSR count). The summed E-state index contributed by atoms with van der Waals surface area (Å²) in [5, 5.41) is 18.7. The van der Waals surface area contributed by atoms with Crippen molar-refractivity contribution in [3.63, 3.8) is 0 Å². The zero-order valence-electron chi connectivity index (χ0n) is 21.0. The molecule has 0 spiro atoms. The van der Waals surface area contributed by atoms with Crippen LogP contribution in [0, 0.1) is 11.8 Å². The van der Waals surface area contributed by atoms with Crippen molar-refractivity contribution in [2.24, 2.45) is 0 Å². The number of nitrogens with zero attached hydrogens (tertiary/aromatic N) is 7. The molecule has 3 N–H and O–H groups in total. The van der Waals surface area contributed by atoms with Crippen molar-refractivity contribution in [2.75, 3.05) is 68.0 Å². The summed E-state index contributed by atoms with van der Waals surface area (Å²) in [5.74, 6) is 8.28. The molecule has 37 heavy (non-hydrogen) atoms. The fourth-order valence-corrected chi connectivity index (χ4v) is 4.67. The molecule has 10 heteroatoms. The minimum absolute atomic E-state index is 0.163. The Balaban J connectivity index is 1.30. The third-order valence-corrected chi connectivity index (χ3v) is 6.82. The van der Waals surface area contributed by atoms with Gasteiger partial charge in [-0.3, -0.25) is 4.90 Å². The number of rotatable bonds is 4. The fraction of sp³-hybridized carbons (Fsp3) is 0.407. The van der Waals surface area contributed by atoms with Gasteiger partial charge in [0.1, 0.15) is 11.6 Å². The number of morpholine rings is 1. The average molecular weight is 501 g/mol. The standard InChI is InChI=1S/C27H32N8O2/c1-20-9-12-34(23-19-22(31-32-27(23)28)21-5-2-3-6-24(21)36)13-14-35(20)26-8-10-29-25(30-26)7-4-11-33-15-17-37-18-16-33/h2-3,5-6,8,10,19-20,36H,9,11-18H2,1H3,(H2,28,32). The van der Waals surface area contributed by atoms with Gasteiger partial charge in [-0.25, -0.2) is 9.97 Å². The van der Waals surface area contributed by atoms with Gasteiger partial charge in [0, 0.05) is 50.5 Å². The van der Waals surface area contributed by atoms with Crippen LogP contribution in [0.5, 0.6) is 5.75 Å². The van der Waals surface area contributed by atoms with Crippen LogP contribution in [0.4, 0.5) is 17.3 Å². The summed E-state index contributed by atoms with van der Waals surface area (Å²) in [4.78, 5) is 15.9. The number of benzene rings is 1. The predicted octanol–water partition coefficient (Wildman–Crippen LogP) is 2.01. The molecule has 2 aliphatic heterocycles. The molecular weight excluding hydrogens is 468 g/mol. The Hall–Kier alpha value is -3.94. The molecule has 2 aliphatic rings. The summed E-state index contributed by atoms with van der Waals surface area (Å²) in [7, 11) is 0. The summed E-state index contributed by atoms with van der Waals surface area (Å²) in [5.41, 5.74) is 8.29. The van der Waals surface area contributed by atoms with Gasteiger partial charge in [-0.1, -0.05) is 18.1 Å². The van der Waals surface area contributed by atoms with E-state index in [1.165, 1.54) is 0 Å². The molecule has 4 heterocycles. The number of nitrogens with two attached hydrogens (primary N) is 1. The van der Waals surface area contributed by atoms with Crippen LogP contribution in [-0.2, 0) is 4.74 Å². The number of aromatic nitrogens is 4. The zero-order chi connectivity index (χ0) is 25.6. The second-order valence-electron chi connectivity index (χ2n) is 9.26. The average Bonchev–Trinajstić information content (AvgIpc) is 3.12. The highest BCUT2D eigenvalue weighted by atomic mass is 16.5. The smallest absolute Gasteiger partial charge is 0.206 e. The van der Waals surface area contributed by atoms with Crippen LogP contribution in [0.15, 0.2) is 42.6 Å². The van der Waals surface area contributed by atoms with Crippen molar-refractivity contribution in [2.45, 2.75) is 19.4 Å². The molecule has 1 atom stereocenters. The predicted molar refractivity (Wildman–Crippen MR) is 143 cm³/mol. The first-order chi connectivity index (χ1) is 18.1. The number of phenolic OH excluding ortho intramolecular Hbond substituents is 1. The maximum absolute atomic E-state index is 10.3. The van der Waals surface area contributed by atoms with Gasteiger partial charge < -0.3 is 25.4 Å². The molecule has 0 amide bonds. The van der Waals surface area contributed by atoms with Gasteiger partial charge >= 0.3 is 0 Å². The van der Waals surface area contributed by atoms with E-state index in [2.05, 4.69) is 48.6 Å². The molecule has 0 bridgehead atoms. The highest BCUT2D eigenvalue weighted by Crippen LogP contribution is 2.32. The Bertz CT molecular complexity index is 1280. The molecular formula is C27H32N8O2. The molecule has 10 nitrogen and oxygen atoms in total. The first kappa shape index (κ1) is 24.7. The first-order valence-corrected chi connectivity index (χ1v) is 12.6. The summed E-state index contributed by atoms with van der Waals surface area (Å²) in [6.45, 7) is 8.53. The third-order valence-electron chi connectivity index (χ3n) is 6.82. The largest absolute Gasteiger partial charge is 0.507 e. The number of anilines is 3. The zero-order valence-corrected chi connectivity index (χ0v) is 21.0. The minimum atomic E-state index is 0.163. The molecule has 0 radical (unpaired) electrons. The molecule has 2 aromatic heterocycles. The number of ether oxygens (including phenoxy) is 1. The molecule has 1 unspecified atom stereocenters. The van der Waals surface area contributed by atoms with Gasteiger partial charge in [-0.2, -0.15) is 0 Å². The maximum atomic E-state index is 10.3. The van der Waals surface area contributed by atoms with Gasteiger partial charge in [0.15, 0.2) is 5.82 Å². The molecule has 192 valence electrons. The van der Waals surface area contributed by atoms with Gasteiger partial charge in [0.25, 0.3) is 0 Å². The number of nitrogen functional groups attached to an aromatic ring is 1. The first-order valence-electron chi connectivity index (χ1n) is 12.6. The van der Waals surface area contributed by atoms with Crippen molar-refractivity contribution < 1.29 is 9.84 Å². The molecule has 3 aromatic rings. The van der Waals surface area contributed by atoms with Gasteiger partial charge in [-0.15, -0.1) is 10.2 Å². The monoisotopic (exact) mass is 500 g/mol. The number of hydrogen-bond donors (Lipinski definition) is 2. The number of hydrogen-bond acceptors (Lipinski definition) is 10. The number of aromatic hydroxyl groups is 1. The summed E-state index contributed by atoms with van der Waals surface area (Å²) >= 11 is 0. The second kappa shape index (κ2) is 11.4. The van der Waals surface area contributed by atoms with Gasteiger partial charge in [-0.05, 0) is 43.5 Å². The van der Waals surface area contributed by atoms with E-state index >= 15 is 0 Å². The molecule has 2 saturated heterocycles. The SMILES string of the molecule is CC1CCN(c2cc(-c3ccccc3O)nnc2N)CCN1c1ccnc(C#CCN2CCOCC2)n1. The van der Waals surface area contributed by atoms with E-state index in [1.807, 2.05) is 24.3 Å². The maximum Gasteiger partial charge on any atom is 0.206 e. The third kappa shape index (κ3) is 5.90. The molecule has 2 fully saturated rings. The van der Waals surface area contributed by atoms with E-state index in [0.29, 0.717) is 29.4 Å². The van der Waals surface area contributed by atoms with E-state index in [-0.39, 0.29) is 11.8 Å². The fourth-order valence-electron chi connectivity index (χ4n) is 4.67. The highest BCUT2D eigenvalue weighted by molar-refractivity contribution is 5.74. The number of para-hydroxylation sites is 1. The van der Waals surface area contributed by atoms with E-state index in [1.54, 1.807) is 18.3 Å². The van der Waals surface area contributed by atoms with E-state index in [4.69, 9.17) is 15.5 Å². The summed E-state index contributed by atoms with van der Waals surface area (Å²) in [6, 6.07) is 11.2. The topological polar surface area (TPSA) is 117 Å². The van der Waals surface area contributed by atoms with Crippen molar-refractivity contribution in [3.05, 3.63) is 48.4 Å². The Morgan fingerprint density at radius 2 is 1.92 bits per heavy atom. The van der Waals surface area contributed by atoms with Crippen LogP contribution < -0.4 is 15.5 Å². The van der Waals surface area contributed by atoms with Crippen molar-refractivity contribution in [1.29, 1.82) is 0 Å². The summed E-state index contributed by atoms with van der Waals surface area (Å²) in [6.07, 6.45) is 2.69. The van der Waals surface area contributed by atoms with E-state index in [9.17, 15) is 5.11 Å². The van der Waals surface area contributed by atoms with Crippen LogP contribution in [0.2, 0.25) is 0 Å². The lowest BCUT2D eigenvalue weighted by atomic mass is 10.1. The lowest BCUT2D eigenvalue weighted by molar-refractivity contribution is 0.0443. The Kier molecular flexibility index (Phi) is 7.63. The lowest BCUT2D eigenvalue weighted by Crippen LogP contribution is -2.36. The quantitative estimate of drug-likeness (QED) is 0.515. The van der Waals surface area contributed by atoms with Crippen molar-refractivity contribution in [1.82, 2.24) is 25.1 Å².